The Morgan fingerprint density at radius 2 is 1.65 bits per heavy atom. The molecule has 0 aromatic carbocycles. The van der Waals surface area contributed by atoms with Crippen LogP contribution in [0.4, 0.5) is 0 Å². The maximum Gasteiger partial charge on any atom is 0.309 e. The molecule has 6 aliphatic carbocycles. The number of amides is 1. The largest absolute Gasteiger partial charge is 0.481 e. The van der Waals surface area contributed by atoms with Gasteiger partial charge in [-0.2, -0.15) is 0 Å². The van der Waals surface area contributed by atoms with Gasteiger partial charge in [0.25, 0.3) is 5.91 Å². The Hall–Kier alpha value is -2.59. The van der Waals surface area contributed by atoms with Gasteiger partial charge in [-0.05, 0) is 136 Å². The van der Waals surface area contributed by atoms with E-state index in [2.05, 4.69) is 64.1 Å². The number of carboxylic acids is 1. The molecule has 57 heavy (non-hydrogen) atoms. The fraction of sp³-hybridized carbons (Fsp3) is 0.809. The summed E-state index contributed by atoms with van der Waals surface area (Å²) >= 11 is 1.35. The highest BCUT2D eigenvalue weighted by molar-refractivity contribution is 7.11. The molecule has 5 saturated carbocycles. The number of thiazole rings is 1. The predicted molar refractivity (Wildman–Crippen MR) is 223 cm³/mol. The number of carboxylic acid groups (broad SMARTS) is 1. The molecule has 0 spiro atoms. The first-order chi connectivity index (χ1) is 26.5. The lowest BCUT2D eigenvalue weighted by Gasteiger charge is -2.72. The van der Waals surface area contributed by atoms with Crippen molar-refractivity contribution in [2.45, 2.75) is 158 Å². The number of esters is 1. The van der Waals surface area contributed by atoms with Gasteiger partial charge in [0.2, 0.25) is 0 Å². The quantitative estimate of drug-likeness (QED) is 0.149. The van der Waals surface area contributed by atoms with Crippen molar-refractivity contribution in [1.29, 1.82) is 0 Å². The van der Waals surface area contributed by atoms with E-state index in [1.807, 2.05) is 33.1 Å². The molecule has 3 N–H and O–H groups in total. The Bertz CT molecular complexity index is 1820. The van der Waals surface area contributed by atoms with Crippen molar-refractivity contribution in [2.24, 2.45) is 68.0 Å². The molecule has 5 fully saturated rings. The van der Waals surface area contributed by atoms with Crippen LogP contribution in [0, 0.1) is 68.0 Å². The first kappa shape index (κ1) is 42.5. The summed E-state index contributed by atoms with van der Waals surface area (Å²) < 4.78 is 6.43. The smallest absolute Gasteiger partial charge is 0.309 e. The van der Waals surface area contributed by atoms with Crippen molar-refractivity contribution < 1.29 is 29.0 Å². The van der Waals surface area contributed by atoms with Gasteiger partial charge in [0.15, 0.2) is 10.8 Å². The number of ketones is 1. The van der Waals surface area contributed by atoms with Gasteiger partial charge in [0.05, 0.1) is 11.8 Å². The second kappa shape index (κ2) is 14.3. The molecule has 0 bridgehead atoms. The van der Waals surface area contributed by atoms with E-state index in [4.69, 9.17) is 4.74 Å². The van der Waals surface area contributed by atoms with Gasteiger partial charge in [0.1, 0.15) is 6.10 Å². The highest BCUT2D eigenvalue weighted by atomic mass is 32.1. The number of hydrogen-bond donors (Lipinski definition) is 3. The number of aromatic nitrogens is 1. The SMILES string of the molecule is CC(C)C1=C2[C@H]3CC[C@@H]4[C@@]5(C)CC[C@H](OC(=O)[C@H]6C[C@@H](C(=O)O)C6(C)C)C(C)(C)[C@@H]5CC[C@@]4(C)[C@]3(C)CC[C@@]2(CCNCC(C)(C)NC(=O)c2nccs2)CC1=O. The summed E-state index contributed by atoms with van der Waals surface area (Å²) in [5.41, 5.74) is 1.57. The summed E-state index contributed by atoms with van der Waals surface area (Å²) in [5.74, 6) is -0.158. The number of Topliss-reactive ketones (excluding diaryl/α,β-unsaturated/α-hetero) is 1. The zero-order valence-electron chi connectivity index (χ0n) is 36.7. The number of ether oxygens (including phenoxy) is 1. The topological polar surface area (TPSA) is 135 Å². The maximum atomic E-state index is 14.1. The third-order valence-electron chi connectivity index (χ3n) is 18.0. The molecule has 0 saturated heterocycles. The first-order valence-corrected chi connectivity index (χ1v) is 23.0. The molecule has 0 unspecified atom stereocenters. The summed E-state index contributed by atoms with van der Waals surface area (Å²) in [6.45, 7) is 26.2. The van der Waals surface area contributed by atoms with Gasteiger partial charge in [0, 0.05) is 40.9 Å². The fourth-order valence-corrected chi connectivity index (χ4v) is 15.2. The van der Waals surface area contributed by atoms with Crippen molar-refractivity contribution in [3.05, 3.63) is 27.7 Å². The van der Waals surface area contributed by atoms with Crippen LogP contribution in [0.3, 0.4) is 0 Å². The summed E-state index contributed by atoms with van der Waals surface area (Å²) in [6.07, 6.45) is 11.9. The lowest BCUT2D eigenvalue weighted by Crippen LogP contribution is -2.66. The molecule has 10 heteroatoms. The number of fused-ring (bicyclic) bond motifs is 7. The molecular weight excluding hydrogens is 735 g/mol. The molecule has 6 aliphatic rings. The van der Waals surface area contributed by atoms with Crippen LogP contribution in [-0.4, -0.2) is 58.5 Å². The van der Waals surface area contributed by atoms with E-state index in [1.54, 1.807) is 6.20 Å². The molecule has 1 aromatic rings. The number of carbonyl (C=O) groups is 4. The highest BCUT2D eigenvalue weighted by Gasteiger charge is 2.70. The Morgan fingerprint density at radius 1 is 0.930 bits per heavy atom. The number of aliphatic carboxylic acids is 1. The van der Waals surface area contributed by atoms with Crippen LogP contribution < -0.4 is 10.6 Å². The molecule has 0 aliphatic heterocycles. The van der Waals surface area contributed by atoms with Crippen molar-refractivity contribution in [1.82, 2.24) is 15.6 Å². The molecule has 1 amide bonds. The van der Waals surface area contributed by atoms with Gasteiger partial charge < -0.3 is 20.5 Å². The molecular formula is C47H71N3O6S. The molecule has 9 nitrogen and oxygen atoms in total. The van der Waals surface area contributed by atoms with Crippen molar-refractivity contribution >= 4 is 35.0 Å². The van der Waals surface area contributed by atoms with Crippen LogP contribution in [0.2, 0.25) is 0 Å². The van der Waals surface area contributed by atoms with Crippen molar-refractivity contribution in [3.8, 4) is 0 Å². The zero-order valence-corrected chi connectivity index (χ0v) is 37.5. The number of nitrogens with one attached hydrogen (secondary N) is 2. The number of nitrogens with zero attached hydrogens (tertiary/aromatic N) is 1. The van der Waals surface area contributed by atoms with Crippen LogP contribution in [-0.2, 0) is 19.1 Å². The lowest BCUT2D eigenvalue weighted by atomic mass is 9.33. The third-order valence-corrected chi connectivity index (χ3v) is 18.8. The molecule has 1 heterocycles. The van der Waals surface area contributed by atoms with Gasteiger partial charge >= 0.3 is 11.9 Å². The standard InChI is InChI=1S/C47H71N3O6S/c1-27(2)35-31(51)25-47(20-21-48-26-41(3,4)50-37(52)38-49-22-23-57-38)19-18-45(10)28(36(35)47)12-13-33-44(9)16-15-34(43(7,8)32(44)14-17-46(33,45)11)56-40(55)30-24-29(39(53)54)42(30,5)6/h22-23,27-30,32-34,48H,12-21,24-26H2,1-11H3,(H,50,52)(H,53,54)/t28-,29+,30-,32+,33-,34+,44+,45-,46-,47-/m1/s1. The number of hydrogen-bond acceptors (Lipinski definition) is 8. The third kappa shape index (κ3) is 6.59. The van der Waals surface area contributed by atoms with E-state index in [1.165, 1.54) is 16.9 Å². The predicted octanol–water partition coefficient (Wildman–Crippen LogP) is 9.27. The second-order valence-corrected chi connectivity index (χ2v) is 23.3. The normalized spacial score (nSPS) is 39.3. The average Bonchev–Trinajstić information content (AvgIpc) is 3.74. The monoisotopic (exact) mass is 806 g/mol. The van der Waals surface area contributed by atoms with Crippen LogP contribution in [0.1, 0.15) is 157 Å². The van der Waals surface area contributed by atoms with Crippen molar-refractivity contribution in [3.63, 3.8) is 0 Å². The summed E-state index contributed by atoms with van der Waals surface area (Å²) in [7, 11) is 0. The highest BCUT2D eigenvalue weighted by Crippen LogP contribution is 2.77. The molecule has 1 aromatic heterocycles. The zero-order chi connectivity index (χ0) is 41.7. The van der Waals surface area contributed by atoms with Crippen LogP contribution in [0.5, 0.6) is 0 Å². The first-order valence-electron chi connectivity index (χ1n) is 22.1. The van der Waals surface area contributed by atoms with E-state index in [-0.39, 0.29) is 56.9 Å². The van der Waals surface area contributed by atoms with E-state index < -0.39 is 22.8 Å². The number of carbonyl (C=O) groups excluding carboxylic acids is 3. The fourth-order valence-electron chi connectivity index (χ4n) is 14.7. The summed E-state index contributed by atoms with van der Waals surface area (Å²) in [4.78, 5) is 56.5. The minimum absolute atomic E-state index is 0.0764. The van der Waals surface area contributed by atoms with E-state index in [0.717, 1.165) is 69.9 Å². The minimum atomic E-state index is -0.824. The van der Waals surface area contributed by atoms with Gasteiger partial charge in [-0.15, -0.1) is 11.3 Å². The minimum Gasteiger partial charge on any atom is -0.481 e. The maximum absolute atomic E-state index is 14.1. The Kier molecular flexibility index (Phi) is 10.6. The number of rotatable bonds is 11. The van der Waals surface area contributed by atoms with E-state index in [0.29, 0.717) is 47.9 Å². The molecule has 7 rings (SSSR count). The van der Waals surface area contributed by atoms with Gasteiger partial charge in [-0.3, -0.25) is 19.2 Å². The summed E-state index contributed by atoms with van der Waals surface area (Å²) in [5, 5.41) is 18.8. The van der Waals surface area contributed by atoms with E-state index in [9.17, 15) is 24.3 Å². The lowest BCUT2D eigenvalue weighted by molar-refractivity contribution is -0.236. The van der Waals surface area contributed by atoms with Crippen molar-refractivity contribution in [2.75, 3.05) is 13.1 Å². The summed E-state index contributed by atoms with van der Waals surface area (Å²) in [6, 6.07) is 0. The number of allylic oxidation sites excluding steroid dienone is 2. The van der Waals surface area contributed by atoms with Crippen LogP contribution in [0.15, 0.2) is 22.7 Å². The van der Waals surface area contributed by atoms with Gasteiger partial charge in [-0.25, -0.2) is 4.98 Å². The van der Waals surface area contributed by atoms with Crippen LogP contribution >= 0.6 is 11.3 Å². The Balaban J connectivity index is 1.08. The van der Waals surface area contributed by atoms with Crippen LogP contribution in [0.25, 0.3) is 0 Å². The Labute approximate surface area is 345 Å². The average molecular weight is 806 g/mol. The molecule has 0 radical (unpaired) electrons. The molecule has 10 atom stereocenters. The van der Waals surface area contributed by atoms with Gasteiger partial charge in [-0.1, -0.05) is 67.9 Å². The molecule has 316 valence electrons. The Morgan fingerprint density at radius 3 is 2.28 bits per heavy atom. The van der Waals surface area contributed by atoms with E-state index >= 15 is 0 Å². The second-order valence-electron chi connectivity index (χ2n) is 22.4.